The van der Waals surface area contributed by atoms with Gasteiger partial charge in [-0.15, -0.1) is 11.3 Å². The topological polar surface area (TPSA) is 87.2 Å². The molecule has 0 bridgehead atoms. The molecule has 8 heteroatoms. The van der Waals surface area contributed by atoms with Crippen LogP contribution in [0.25, 0.3) is 0 Å². The van der Waals surface area contributed by atoms with E-state index >= 15 is 0 Å². The highest BCUT2D eigenvalue weighted by molar-refractivity contribution is 7.12. The molecule has 2 aliphatic rings. The first-order valence-corrected chi connectivity index (χ1v) is 10.1. The molecule has 0 radical (unpaired) electrons. The van der Waals surface area contributed by atoms with Crippen LogP contribution in [0.1, 0.15) is 34.9 Å². The lowest BCUT2D eigenvalue weighted by molar-refractivity contribution is -0.132. The average Bonchev–Trinajstić information content (AvgIpc) is 3.40. The predicted octanol–water partition coefficient (Wildman–Crippen LogP) is 2.01. The van der Waals surface area contributed by atoms with Gasteiger partial charge in [0.05, 0.1) is 0 Å². The van der Waals surface area contributed by atoms with Gasteiger partial charge in [0.15, 0.2) is 0 Å². The first-order chi connectivity index (χ1) is 13.1. The van der Waals surface area contributed by atoms with Crippen LogP contribution in [0, 0.1) is 18.8 Å². The van der Waals surface area contributed by atoms with Gasteiger partial charge in [-0.2, -0.15) is 0 Å². The molecule has 2 aromatic heterocycles. The lowest BCUT2D eigenvalue weighted by Gasteiger charge is -2.31. The Morgan fingerprint density at radius 2 is 1.81 bits per heavy atom. The van der Waals surface area contributed by atoms with Crippen molar-refractivity contribution >= 4 is 29.1 Å². The quantitative estimate of drug-likeness (QED) is 0.786. The number of aromatic nitrogens is 2. The second kappa shape index (κ2) is 7.64. The number of aryl methyl sites for hydroxylation is 1. The summed E-state index contributed by atoms with van der Waals surface area (Å²) in [5.74, 6) is 0.680. The maximum atomic E-state index is 12.4. The normalized spacial score (nSPS) is 22.3. The van der Waals surface area contributed by atoms with E-state index in [0.717, 1.165) is 32.4 Å². The summed E-state index contributed by atoms with van der Waals surface area (Å²) >= 11 is 1.74. The zero-order chi connectivity index (χ0) is 18.8. The minimum atomic E-state index is -0.110. The Kier molecular flexibility index (Phi) is 5.07. The van der Waals surface area contributed by atoms with Gasteiger partial charge >= 0.3 is 0 Å². The third-order valence-corrected chi connectivity index (χ3v) is 6.40. The first-order valence-electron chi connectivity index (χ1n) is 9.30. The van der Waals surface area contributed by atoms with E-state index in [1.54, 1.807) is 29.8 Å². The fourth-order valence-corrected chi connectivity index (χ4v) is 4.62. The fourth-order valence-electron chi connectivity index (χ4n) is 3.57. The van der Waals surface area contributed by atoms with Crippen LogP contribution in [0.5, 0.6) is 0 Å². The molecule has 1 aliphatic heterocycles. The molecule has 1 saturated heterocycles. The largest absolute Gasteiger partial charge is 0.341 e. The van der Waals surface area contributed by atoms with E-state index in [2.05, 4.69) is 44.8 Å². The van der Waals surface area contributed by atoms with E-state index in [9.17, 15) is 9.59 Å². The second-order valence-electron chi connectivity index (χ2n) is 7.19. The first kappa shape index (κ1) is 17.9. The maximum absolute atomic E-state index is 12.4. The van der Waals surface area contributed by atoms with Gasteiger partial charge in [0, 0.05) is 53.0 Å². The molecule has 142 valence electrons. The van der Waals surface area contributed by atoms with Crippen LogP contribution in [0.4, 0.5) is 5.95 Å². The molecule has 0 aromatic carbocycles. The molecule has 4 rings (SSSR count). The maximum Gasteiger partial charge on any atom is 0.242 e. The van der Waals surface area contributed by atoms with Gasteiger partial charge in [-0.3, -0.25) is 20.4 Å². The van der Waals surface area contributed by atoms with Crippen LogP contribution in [0.15, 0.2) is 30.6 Å². The number of nitrogens with one attached hydrogen (secondary N) is 2. The third-order valence-electron chi connectivity index (χ3n) is 5.26. The zero-order valence-electron chi connectivity index (χ0n) is 15.2. The summed E-state index contributed by atoms with van der Waals surface area (Å²) in [7, 11) is 0. The number of hydrogen-bond donors (Lipinski definition) is 2. The van der Waals surface area contributed by atoms with Gasteiger partial charge in [0.2, 0.25) is 17.8 Å². The molecule has 1 aliphatic carbocycles. The van der Waals surface area contributed by atoms with Crippen molar-refractivity contribution in [2.75, 3.05) is 18.0 Å². The molecule has 2 N–H and O–H groups in total. The Hall–Kier alpha value is -2.48. The Morgan fingerprint density at radius 1 is 1.11 bits per heavy atom. The molecule has 1 saturated carbocycles. The number of anilines is 1. The van der Waals surface area contributed by atoms with E-state index < -0.39 is 0 Å². The number of carbonyl (C=O) groups excluding carboxylic acids is 2. The number of nitrogens with zero attached hydrogens (tertiary/aromatic N) is 3. The summed E-state index contributed by atoms with van der Waals surface area (Å²) in [6.07, 6.45) is 5.75. The Balaban J connectivity index is 1.21. The lowest BCUT2D eigenvalue weighted by atomic mass is 9.96. The Morgan fingerprint density at radius 3 is 2.48 bits per heavy atom. The number of hydrazine groups is 1. The summed E-state index contributed by atoms with van der Waals surface area (Å²) in [5.41, 5.74) is 5.24. The highest BCUT2D eigenvalue weighted by atomic mass is 32.1. The van der Waals surface area contributed by atoms with Crippen LogP contribution in [-0.2, 0) is 9.59 Å². The highest BCUT2D eigenvalue weighted by Gasteiger charge is 2.45. The summed E-state index contributed by atoms with van der Waals surface area (Å²) in [4.78, 5) is 37.7. The van der Waals surface area contributed by atoms with Crippen LogP contribution in [-0.4, -0.2) is 34.9 Å². The Labute approximate surface area is 162 Å². The molecule has 7 nitrogen and oxygen atoms in total. The number of amides is 2. The van der Waals surface area contributed by atoms with E-state index in [4.69, 9.17) is 0 Å². The molecule has 2 fully saturated rings. The van der Waals surface area contributed by atoms with Crippen molar-refractivity contribution in [1.82, 2.24) is 20.8 Å². The van der Waals surface area contributed by atoms with Crippen LogP contribution in [0.2, 0.25) is 0 Å². The fraction of sp³-hybridized carbons (Fsp3) is 0.474. The molecular weight excluding hydrogens is 362 g/mol. The van der Waals surface area contributed by atoms with Crippen LogP contribution >= 0.6 is 11.3 Å². The summed E-state index contributed by atoms with van der Waals surface area (Å²) in [5, 5.41) is 0. The van der Waals surface area contributed by atoms with Crippen molar-refractivity contribution in [3.8, 4) is 0 Å². The molecule has 2 atom stereocenters. The summed E-state index contributed by atoms with van der Waals surface area (Å²) in [6, 6.07) is 5.97. The number of carbonyl (C=O) groups is 2. The SMILES string of the molecule is Cc1ccc(C2CC2C(=O)NNC(=O)C2CCN(c3ncccn3)CC2)s1. The van der Waals surface area contributed by atoms with E-state index in [1.807, 2.05) is 0 Å². The van der Waals surface area contributed by atoms with Crippen LogP contribution < -0.4 is 15.8 Å². The smallest absolute Gasteiger partial charge is 0.242 e. The standard InChI is InChI=1S/C19H23N5O2S/c1-12-3-4-16(27-12)14-11-15(14)18(26)23-22-17(25)13-5-9-24(10-6-13)19-20-7-2-8-21-19/h2-4,7-8,13-15H,5-6,9-11H2,1H3,(H,22,25)(H,23,26). The van der Waals surface area contributed by atoms with Gasteiger partial charge in [-0.25, -0.2) is 9.97 Å². The molecule has 0 spiro atoms. The van der Waals surface area contributed by atoms with Crippen molar-refractivity contribution in [1.29, 1.82) is 0 Å². The average molecular weight is 385 g/mol. The minimum absolute atomic E-state index is 0.0274. The minimum Gasteiger partial charge on any atom is -0.341 e. The van der Waals surface area contributed by atoms with E-state index in [-0.39, 0.29) is 23.7 Å². The van der Waals surface area contributed by atoms with E-state index in [1.165, 1.54) is 9.75 Å². The van der Waals surface area contributed by atoms with Gasteiger partial charge in [-0.1, -0.05) is 0 Å². The van der Waals surface area contributed by atoms with Crippen LogP contribution in [0.3, 0.4) is 0 Å². The summed E-state index contributed by atoms with van der Waals surface area (Å²) in [6.45, 7) is 3.54. The lowest BCUT2D eigenvalue weighted by Crippen LogP contribution is -2.48. The molecular formula is C19H23N5O2S. The van der Waals surface area contributed by atoms with Crippen molar-refractivity contribution in [2.45, 2.75) is 32.1 Å². The van der Waals surface area contributed by atoms with Crippen molar-refractivity contribution in [2.24, 2.45) is 11.8 Å². The number of hydrogen-bond acceptors (Lipinski definition) is 6. The van der Waals surface area contributed by atoms with E-state index in [0.29, 0.717) is 11.9 Å². The molecule has 3 heterocycles. The Bertz CT molecular complexity index is 817. The van der Waals surface area contributed by atoms with Crippen molar-refractivity contribution < 1.29 is 9.59 Å². The van der Waals surface area contributed by atoms with Gasteiger partial charge in [0.1, 0.15) is 0 Å². The monoisotopic (exact) mass is 385 g/mol. The molecule has 2 amide bonds. The molecule has 2 aromatic rings. The number of rotatable bonds is 4. The second-order valence-corrected chi connectivity index (χ2v) is 8.51. The highest BCUT2D eigenvalue weighted by Crippen LogP contribution is 2.49. The van der Waals surface area contributed by atoms with Gasteiger partial charge in [-0.05, 0) is 44.4 Å². The number of piperidine rings is 1. The van der Waals surface area contributed by atoms with Gasteiger partial charge < -0.3 is 4.90 Å². The van der Waals surface area contributed by atoms with Gasteiger partial charge in [0.25, 0.3) is 0 Å². The third kappa shape index (κ3) is 4.10. The van der Waals surface area contributed by atoms with Crippen molar-refractivity contribution in [3.63, 3.8) is 0 Å². The molecule has 2 unspecified atom stereocenters. The zero-order valence-corrected chi connectivity index (χ0v) is 16.0. The molecule has 27 heavy (non-hydrogen) atoms. The van der Waals surface area contributed by atoms with Crippen molar-refractivity contribution in [3.05, 3.63) is 40.3 Å². The summed E-state index contributed by atoms with van der Waals surface area (Å²) < 4.78 is 0. The predicted molar refractivity (Wildman–Crippen MR) is 103 cm³/mol. The number of thiophene rings is 1.